The first kappa shape index (κ1) is 37.1. The highest BCUT2D eigenvalue weighted by molar-refractivity contribution is 6.33. The summed E-state index contributed by atoms with van der Waals surface area (Å²) in [5.41, 5.74) is 0.805. The largest absolute Gasteiger partial charge is 0.506 e. The molecule has 2 atom stereocenters. The van der Waals surface area contributed by atoms with Crippen LogP contribution in [-0.4, -0.2) is 32.5 Å². The van der Waals surface area contributed by atoms with Crippen LogP contribution in [0.25, 0.3) is 0 Å². The van der Waals surface area contributed by atoms with E-state index in [1.165, 1.54) is 38.1 Å². The van der Waals surface area contributed by atoms with Gasteiger partial charge in [-0.05, 0) is 86.6 Å². The van der Waals surface area contributed by atoms with Crippen molar-refractivity contribution in [1.29, 1.82) is 0 Å². The Morgan fingerprint density at radius 3 is 1.30 bits per heavy atom. The molecular formula is C31H28Cl3F3N4O6. The highest BCUT2D eigenvalue weighted by Gasteiger charge is 2.30. The lowest BCUT2D eigenvalue weighted by Gasteiger charge is -2.13. The molecule has 250 valence electrons. The lowest BCUT2D eigenvalue weighted by atomic mass is 10.1. The summed E-state index contributed by atoms with van der Waals surface area (Å²) in [7, 11) is 0. The van der Waals surface area contributed by atoms with E-state index in [9.17, 15) is 43.2 Å². The predicted molar refractivity (Wildman–Crippen MR) is 176 cm³/mol. The molecule has 4 aromatic rings. The molecular weight excluding hydrogens is 688 g/mol. The predicted octanol–water partition coefficient (Wildman–Crippen LogP) is 9.16. The number of rotatable bonds is 6. The first-order chi connectivity index (χ1) is 21.9. The Hall–Kier alpha value is -4.40. The minimum absolute atomic E-state index is 0.0418. The van der Waals surface area contributed by atoms with Gasteiger partial charge in [0.1, 0.15) is 11.5 Å². The third kappa shape index (κ3) is 10.8. The molecule has 4 rings (SSSR count). The lowest BCUT2D eigenvalue weighted by Crippen LogP contribution is -2.19. The van der Waals surface area contributed by atoms with Crippen molar-refractivity contribution >= 4 is 69.6 Å². The van der Waals surface area contributed by atoms with Crippen LogP contribution in [0.4, 0.5) is 45.5 Å². The summed E-state index contributed by atoms with van der Waals surface area (Å²) in [5, 5.41) is 49.2. The summed E-state index contributed by atoms with van der Waals surface area (Å²) in [6.45, 7) is 2.90. The number of amides is 4. The number of phenolic OH excluding ortho intramolecular Hbond substituents is 2. The molecule has 0 saturated carbocycles. The number of aromatic hydroxyl groups is 2. The van der Waals surface area contributed by atoms with Gasteiger partial charge in [-0.25, -0.2) is 9.59 Å². The maximum Gasteiger partial charge on any atom is 0.416 e. The third-order valence-electron chi connectivity index (χ3n) is 6.17. The van der Waals surface area contributed by atoms with Crippen LogP contribution in [0, 0.1) is 0 Å². The van der Waals surface area contributed by atoms with E-state index in [1.807, 2.05) is 0 Å². The van der Waals surface area contributed by atoms with Crippen molar-refractivity contribution < 1.29 is 43.2 Å². The molecule has 47 heavy (non-hydrogen) atoms. The van der Waals surface area contributed by atoms with Gasteiger partial charge in [-0.1, -0.05) is 34.8 Å². The molecule has 0 bridgehead atoms. The van der Waals surface area contributed by atoms with Gasteiger partial charge < -0.3 is 41.7 Å². The zero-order valence-corrected chi connectivity index (χ0v) is 26.7. The summed E-state index contributed by atoms with van der Waals surface area (Å²) < 4.78 is 37.5. The number of aliphatic hydroxyl groups excluding tert-OH is 2. The van der Waals surface area contributed by atoms with Crippen LogP contribution >= 0.6 is 34.8 Å². The first-order valence-electron chi connectivity index (χ1n) is 13.4. The molecule has 16 heteroatoms. The standard InChI is InChI=1S/C16H14ClF3N2O3.C15H14Cl2N2O3/c1-8(23)12-6-11(7-13(17)14(12)24)22-15(25)21-10-4-2-9(3-5-10)16(18,19)20;1-8(20)12-6-11(7-13(17)14(12)21)19-15(22)18-10-4-2-9(16)3-5-10/h2-8,23-24H,1H3,(H2,21,22,25);2-8,20-21H,1H3,(H2,18,19,22). The number of aliphatic hydroxyl groups is 2. The number of hydrogen-bond acceptors (Lipinski definition) is 6. The summed E-state index contributed by atoms with van der Waals surface area (Å²) in [6, 6.07) is 14.8. The number of hydrogen-bond donors (Lipinski definition) is 8. The van der Waals surface area contributed by atoms with E-state index < -0.39 is 36.0 Å². The Bertz CT molecular complexity index is 1720. The SMILES string of the molecule is CC(O)c1cc(NC(=O)Nc2ccc(C(F)(F)F)cc2)cc(Cl)c1O.CC(O)c1cc(NC(=O)Nc2ccc(Cl)cc2)cc(Cl)c1O. The Balaban J connectivity index is 0.000000257. The Morgan fingerprint density at radius 2 is 0.957 bits per heavy atom. The quantitative estimate of drug-likeness (QED) is 0.0928. The van der Waals surface area contributed by atoms with Crippen LogP contribution in [0.2, 0.25) is 15.1 Å². The second-order valence-electron chi connectivity index (χ2n) is 9.88. The van der Waals surface area contributed by atoms with E-state index in [2.05, 4.69) is 21.3 Å². The molecule has 2 unspecified atom stereocenters. The van der Waals surface area contributed by atoms with Gasteiger partial charge in [-0.3, -0.25) is 0 Å². The van der Waals surface area contributed by atoms with Crippen LogP contribution < -0.4 is 21.3 Å². The summed E-state index contributed by atoms with van der Waals surface area (Å²) in [5.74, 6) is -0.509. The van der Waals surface area contributed by atoms with E-state index in [0.717, 1.165) is 24.3 Å². The highest BCUT2D eigenvalue weighted by atomic mass is 35.5. The normalized spacial score (nSPS) is 12.2. The van der Waals surface area contributed by atoms with Crippen molar-refractivity contribution in [1.82, 2.24) is 0 Å². The average Bonchev–Trinajstić information content (AvgIpc) is 2.97. The summed E-state index contributed by atoms with van der Waals surface area (Å²) >= 11 is 17.5. The number of urea groups is 2. The summed E-state index contributed by atoms with van der Waals surface area (Å²) in [6.07, 6.45) is -6.39. The van der Waals surface area contributed by atoms with Gasteiger partial charge >= 0.3 is 18.2 Å². The van der Waals surface area contributed by atoms with Gasteiger partial charge in [0.25, 0.3) is 0 Å². The van der Waals surface area contributed by atoms with Crippen molar-refractivity contribution in [2.45, 2.75) is 32.2 Å². The topological polar surface area (TPSA) is 163 Å². The Labute approximate surface area is 281 Å². The second kappa shape index (κ2) is 15.9. The van der Waals surface area contributed by atoms with Gasteiger partial charge in [0.15, 0.2) is 0 Å². The maximum absolute atomic E-state index is 12.5. The number of halogens is 6. The van der Waals surface area contributed by atoms with Crippen LogP contribution in [0.1, 0.15) is 42.7 Å². The molecule has 0 aliphatic carbocycles. The molecule has 0 aromatic heterocycles. The molecule has 8 N–H and O–H groups in total. The Morgan fingerprint density at radius 1 is 0.617 bits per heavy atom. The molecule has 0 spiro atoms. The van der Waals surface area contributed by atoms with Crippen LogP contribution in [0.3, 0.4) is 0 Å². The number of phenols is 2. The van der Waals surface area contributed by atoms with Gasteiger partial charge in [0, 0.05) is 38.9 Å². The zero-order valence-electron chi connectivity index (χ0n) is 24.5. The number of alkyl halides is 3. The van der Waals surface area contributed by atoms with E-state index in [-0.39, 0.29) is 44.0 Å². The van der Waals surface area contributed by atoms with Crippen LogP contribution in [-0.2, 0) is 6.18 Å². The zero-order chi connectivity index (χ0) is 35.1. The van der Waals surface area contributed by atoms with Gasteiger partial charge in [-0.2, -0.15) is 13.2 Å². The van der Waals surface area contributed by atoms with Crippen molar-refractivity contribution in [2.24, 2.45) is 0 Å². The average molecular weight is 716 g/mol. The number of anilines is 4. The minimum Gasteiger partial charge on any atom is -0.506 e. The Kier molecular flexibility index (Phi) is 12.6. The fourth-order valence-electron chi connectivity index (χ4n) is 3.88. The van der Waals surface area contributed by atoms with E-state index >= 15 is 0 Å². The van der Waals surface area contributed by atoms with Crippen molar-refractivity contribution in [2.75, 3.05) is 21.3 Å². The van der Waals surface area contributed by atoms with Crippen molar-refractivity contribution in [3.05, 3.63) is 105 Å². The molecule has 0 radical (unpaired) electrons. The molecule has 10 nitrogen and oxygen atoms in total. The van der Waals surface area contributed by atoms with Gasteiger partial charge in [0.2, 0.25) is 0 Å². The van der Waals surface area contributed by atoms with Crippen LogP contribution in [0.5, 0.6) is 11.5 Å². The van der Waals surface area contributed by atoms with E-state index in [1.54, 1.807) is 24.3 Å². The monoisotopic (exact) mass is 714 g/mol. The molecule has 0 fully saturated rings. The fraction of sp³-hybridized carbons (Fsp3) is 0.161. The first-order valence-corrected chi connectivity index (χ1v) is 14.6. The van der Waals surface area contributed by atoms with E-state index in [4.69, 9.17) is 34.8 Å². The molecule has 0 heterocycles. The molecule has 0 saturated heterocycles. The molecule has 4 amide bonds. The van der Waals surface area contributed by atoms with Gasteiger partial charge in [-0.15, -0.1) is 0 Å². The van der Waals surface area contributed by atoms with Crippen molar-refractivity contribution in [3.63, 3.8) is 0 Å². The van der Waals surface area contributed by atoms with Crippen LogP contribution in [0.15, 0.2) is 72.8 Å². The third-order valence-corrected chi connectivity index (χ3v) is 7.00. The van der Waals surface area contributed by atoms with E-state index in [0.29, 0.717) is 16.4 Å². The molecule has 4 aromatic carbocycles. The fourth-order valence-corrected chi connectivity index (χ4v) is 4.46. The lowest BCUT2D eigenvalue weighted by molar-refractivity contribution is -0.137. The minimum atomic E-state index is -4.46. The summed E-state index contributed by atoms with van der Waals surface area (Å²) in [4.78, 5) is 23.8. The highest BCUT2D eigenvalue weighted by Crippen LogP contribution is 2.36. The molecule has 0 aliphatic heterocycles. The van der Waals surface area contributed by atoms with Crippen molar-refractivity contribution in [3.8, 4) is 11.5 Å². The van der Waals surface area contributed by atoms with Gasteiger partial charge in [0.05, 0.1) is 27.8 Å². The maximum atomic E-state index is 12.5. The second-order valence-corrected chi connectivity index (χ2v) is 11.1. The number of nitrogens with one attached hydrogen (secondary N) is 4. The number of carbonyl (C=O) groups is 2. The smallest absolute Gasteiger partial charge is 0.416 e. The molecule has 0 aliphatic rings. The number of carbonyl (C=O) groups excluding carboxylic acids is 2. The number of benzene rings is 4.